The molecule has 8 heteroatoms. The second-order valence-corrected chi connectivity index (χ2v) is 7.53. The van der Waals surface area contributed by atoms with Crippen molar-refractivity contribution < 1.29 is 19.4 Å². The van der Waals surface area contributed by atoms with Crippen molar-refractivity contribution in [3.8, 4) is 11.1 Å². The minimum Gasteiger partial charge on any atom is -0.480 e. The van der Waals surface area contributed by atoms with Crippen molar-refractivity contribution in [2.24, 2.45) is 7.05 Å². The molecule has 7 nitrogen and oxygen atoms in total. The van der Waals surface area contributed by atoms with Gasteiger partial charge in [0, 0.05) is 19.4 Å². The summed E-state index contributed by atoms with van der Waals surface area (Å²) in [6, 6.07) is 14.8. The second-order valence-electron chi connectivity index (χ2n) is 7.13. The summed E-state index contributed by atoms with van der Waals surface area (Å²) < 4.78 is 6.92. The van der Waals surface area contributed by atoms with Gasteiger partial charge in [0.2, 0.25) is 0 Å². The number of alkyl carbamates (subject to hydrolysis) is 1. The molecule has 1 heterocycles. The lowest BCUT2D eigenvalue weighted by atomic mass is 9.98. The van der Waals surface area contributed by atoms with Crippen molar-refractivity contribution in [3.05, 3.63) is 76.6 Å². The van der Waals surface area contributed by atoms with E-state index in [9.17, 15) is 14.7 Å². The van der Waals surface area contributed by atoms with Gasteiger partial charge in [0.1, 0.15) is 12.6 Å². The normalized spacial score (nSPS) is 13.4. The Hall–Kier alpha value is -3.32. The maximum Gasteiger partial charge on any atom is 0.407 e. The molecule has 1 aromatic heterocycles. The third-order valence-corrected chi connectivity index (χ3v) is 5.66. The number of nitrogens with zero attached hydrogens (tertiary/aromatic N) is 2. The van der Waals surface area contributed by atoms with Crippen LogP contribution in [0.1, 0.15) is 22.7 Å². The van der Waals surface area contributed by atoms with Crippen LogP contribution in [0.5, 0.6) is 0 Å². The Balaban J connectivity index is 1.45. The fourth-order valence-electron chi connectivity index (χ4n) is 3.84. The van der Waals surface area contributed by atoms with E-state index in [4.69, 9.17) is 16.3 Å². The number of ether oxygens (including phenoxy) is 1. The Morgan fingerprint density at radius 3 is 2.30 bits per heavy atom. The standard InChI is InChI=1S/C22H20ClN3O4/c1-26-20(18(23)11-24-26)10-19(21(27)28)25-22(29)30-12-17-15-8-4-2-6-13(15)14-7-3-5-9-16(14)17/h2-9,11,17,19H,10,12H2,1H3,(H,25,29)(H,27,28). The largest absolute Gasteiger partial charge is 0.480 e. The molecule has 2 N–H and O–H groups in total. The summed E-state index contributed by atoms with van der Waals surface area (Å²) in [6.45, 7) is 0.110. The fourth-order valence-corrected chi connectivity index (χ4v) is 4.08. The first kappa shape index (κ1) is 20.0. The van der Waals surface area contributed by atoms with Crippen LogP contribution in [-0.4, -0.2) is 39.6 Å². The van der Waals surface area contributed by atoms with Crippen molar-refractivity contribution in [2.75, 3.05) is 6.61 Å². The lowest BCUT2D eigenvalue weighted by Crippen LogP contribution is -2.43. The van der Waals surface area contributed by atoms with E-state index in [0.29, 0.717) is 10.7 Å². The van der Waals surface area contributed by atoms with Crippen LogP contribution in [0, 0.1) is 0 Å². The number of carboxylic acids is 1. The van der Waals surface area contributed by atoms with Crippen molar-refractivity contribution in [2.45, 2.75) is 18.4 Å². The van der Waals surface area contributed by atoms with Crippen LogP contribution in [0.2, 0.25) is 5.02 Å². The molecule has 1 amide bonds. The number of aromatic nitrogens is 2. The topological polar surface area (TPSA) is 93.5 Å². The van der Waals surface area contributed by atoms with Gasteiger partial charge >= 0.3 is 12.1 Å². The molecule has 154 valence electrons. The number of carboxylic acid groups (broad SMARTS) is 1. The van der Waals surface area contributed by atoms with E-state index >= 15 is 0 Å². The van der Waals surface area contributed by atoms with Gasteiger partial charge in [0.25, 0.3) is 0 Å². The number of fused-ring (bicyclic) bond motifs is 3. The Morgan fingerprint density at radius 2 is 1.77 bits per heavy atom. The van der Waals surface area contributed by atoms with E-state index in [0.717, 1.165) is 22.3 Å². The molecule has 0 fully saturated rings. The monoisotopic (exact) mass is 425 g/mol. The van der Waals surface area contributed by atoms with Crippen LogP contribution >= 0.6 is 11.6 Å². The average molecular weight is 426 g/mol. The summed E-state index contributed by atoms with van der Waals surface area (Å²) >= 11 is 6.05. The van der Waals surface area contributed by atoms with Gasteiger partial charge in [-0.3, -0.25) is 4.68 Å². The number of rotatable bonds is 6. The van der Waals surface area contributed by atoms with Gasteiger partial charge in [-0.25, -0.2) is 9.59 Å². The van der Waals surface area contributed by atoms with Gasteiger partial charge < -0.3 is 15.2 Å². The minimum absolute atomic E-state index is 0.00510. The van der Waals surface area contributed by atoms with Gasteiger partial charge in [-0.2, -0.15) is 5.10 Å². The number of carbonyl (C=O) groups excluding carboxylic acids is 1. The van der Waals surface area contributed by atoms with Gasteiger partial charge in [-0.1, -0.05) is 60.1 Å². The predicted molar refractivity (Wildman–Crippen MR) is 112 cm³/mol. The van der Waals surface area contributed by atoms with Gasteiger partial charge in [-0.05, 0) is 22.3 Å². The Bertz CT molecular complexity index is 1050. The van der Waals surface area contributed by atoms with Crippen molar-refractivity contribution >= 4 is 23.7 Å². The molecule has 1 aliphatic carbocycles. The maximum absolute atomic E-state index is 12.4. The van der Waals surface area contributed by atoms with E-state index in [-0.39, 0.29) is 18.9 Å². The molecule has 0 saturated carbocycles. The molecule has 3 aromatic rings. The first-order valence-electron chi connectivity index (χ1n) is 9.46. The van der Waals surface area contributed by atoms with E-state index in [1.165, 1.54) is 10.9 Å². The van der Waals surface area contributed by atoms with Gasteiger partial charge in [-0.15, -0.1) is 0 Å². The number of aryl methyl sites for hydroxylation is 1. The number of hydrogen-bond donors (Lipinski definition) is 2. The number of halogens is 1. The molecule has 0 radical (unpaired) electrons. The second kappa shape index (κ2) is 8.20. The summed E-state index contributed by atoms with van der Waals surface area (Å²) in [5, 5.41) is 16.3. The third-order valence-electron chi connectivity index (χ3n) is 5.34. The van der Waals surface area contributed by atoms with Crippen LogP contribution in [-0.2, 0) is 23.0 Å². The smallest absolute Gasteiger partial charge is 0.407 e. The molecule has 0 aliphatic heterocycles. The Labute approximate surface area is 178 Å². The first-order chi connectivity index (χ1) is 14.5. The van der Waals surface area contributed by atoms with Crippen LogP contribution in [0.4, 0.5) is 4.79 Å². The highest BCUT2D eigenvalue weighted by molar-refractivity contribution is 6.31. The number of nitrogens with one attached hydrogen (secondary N) is 1. The van der Waals surface area contributed by atoms with E-state index in [1.54, 1.807) is 7.05 Å². The highest BCUT2D eigenvalue weighted by atomic mass is 35.5. The van der Waals surface area contributed by atoms with Crippen molar-refractivity contribution in [1.82, 2.24) is 15.1 Å². The minimum atomic E-state index is -1.19. The van der Waals surface area contributed by atoms with Gasteiger partial charge in [0.15, 0.2) is 0 Å². The first-order valence-corrected chi connectivity index (χ1v) is 9.84. The van der Waals surface area contributed by atoms with Crippen LogP contribution in [0.15, 0.2) is 54.7 Å². The SMILES string of the molecule is Cn1ncc(Cl)c1CC(NC(=O)OCC1c2ccccc2-c2ccccc21)C(=O)O. The molecule has 0 bridgehead atoms. The summed E-state index contributed by atoms with van der Waals surface area (Å²) in [6.07, 6.45) is 0.639. The Morgan fingerprint density at radius 1 is 1.17 bits per heavy atom. The molecular formula is C22H20ClN3O4. The average Bonchev–Trinajstić information content (AvgIpc) is 3.23. The van der Waals surface area contributed by atoms with E-state index < -0.39 is 18.1 Å². The molecule has 30 heavy (non-hydrogen) atoms. The zero-order valence-electron chi connectivity index (χ0n) is 16.2. The third kappa shape index (κ3) is 3.76. The Kier molecular flexibility index (Phi) is 5.46. The summed E-state index contributed by atoms with van der Waals surface area (Å²) in [7, 11) is 1.66. The quantitative estimate of drug-likeness (QED) is 0.629. The number of amides is 1. The van der Waals surface area contributed by atoms with Crippen molar-refractivity contribution in [1.29, 1.82) is 0 Å². The summed E-state index contributed by atoms with van der Waals surface area (Å²) in [5.74, 6) is -1.28. The molecule has 2 aromatic carbocycles. The van der Waals surface area contributed by atoms with Crippen LogP contribution in [0.25, 0.3) is 11.1 Å². The maximum atomic E-state index is 12.4. The van der Waals surface area contributed by atoms with Gasteiger partial charge in [0.05, 0.1) is 16.9 Å². The summed E-state index contributed by atoms with van der Waals surface area (Å²) in [5.41, 5.74) is 4.93. The number of benzene rings is 2. The lowest BCUT2D eigenvalue weighted by molar-refractivity contribution is -0.139. The van der Waals surface area contributed by atoms with E-state index in [2.05, 4.69) is 10.4 Å². The van der Waals surface area contributed by atoms with E-state index in [1.807, 2.05) is 48.5 Å². The number of carbonyl (C=O) groups is 2. The molecule has 1 aliphatic rings. The number of hydrogen-bond acceptors (Lipinski definition) is 4. The summed E-state index contributed by atoms with van der Waals surface area (Å²) in [4.78, 5) is 24.0. The highest BCUT2D eigenvalue weighted by Crippen LogP contribution is 2.44. The molecule has 1 unspecified atom stereocenters. The molecular weight excluding hydrogens is 406 g/mol. The lowest BCUT2D eigenvalue weighted by Gasteiger charge is -2.17. The van der Waals surface area contributed by atoms with Crippen molar-refractivity contribution in [3.63, 3.8) is 0 Å². The molecule has 4 rings (SSSR count). The predicted octanol–water partition coefficient (Wildman–Crippen LogP) is 3.61. The fraction of sp³-hybridized carbons (Fsp3) is 0.227. The zero-order valence-corrected chi connectivity index (χ0v) is 17.0. The van der Waals surface area contributed by atoms with Crippen LogP contribution < -0.4 is 5.32 Å². The zero-order chi connectivity index (χ0) is 21.3. The highest BCUT2D eigenvalue weighted by Gasteiger charge is 2.30. The molecule has 0 saturated heterocycles. The molecule has 0 spiro atoms. The van der Waals surface area contributed by atoms with Crippen LogP contribution in [0.3, 0.4) is 0 Å². The molecule has 1 atom stereocenters. The number of aliphatic carboxylic acids is 1.